The number of aldehydes is 1. The van der Waals surface area contributed by atoms with E-state index in [1.807, 2.05) is 39.0 Å². The van der Waals surface area contributed by atoms with Crippen molar-refractivity contribution in [2.45, 2.75) is 71.2 Å². The lowest BCUT2D eigenvalue weighted by Crippen LogP contribution is -2.32. The summed E-state index contributed by atoms with van der Waals surface area (Å²) in [5.41, 5.74) is 6.27. The van der Waals surface area contributed by atoms with Crippen molar-refractivity contribution in [3.8, 4) is 5.75 Å². The molecule has 1 aromatic heterocycles. The second-order valence-electron chi connectivity index (χ2n) is 12.4. The second-order valence-corrected chi connectivity index (χ2v) is 12.4. The van der Waals surface area contributed by atoms with Gasteiger partial charge < -0.3 is 46.9 Å². The number of amides is 1. The molecule has 2 heterocycles. The minimum Gasteiger partial charge on any atom is -0.506 e. The molecule has 0 bridgehead atoms. The Morgan fingerprint density at radius 1 is 1.14 bits per heavy atom. The van der Waals surface area contributed by atoms with Crippen molar-refractivity contribution < 1.29 is 24.5 Å². The van der Waals surface area contributed by atoms with Gasteiger partial charge in [0.25, 0.3) is 5.91 Å². The van der Waals surface area contributed by atoms with Crippen LogP contribution in [0.2, 0.25) is 0 Å². The molecule has 8 N–H and O–H groups in total. The monoisotopic (exact) mass is 685 g/mol. The summed E-state index contributed by atoms with van der Waals surface area (Å²) in [6.07, 6.45) is 6.94. The minimum atomic E-state index is -0.901. The van der Waals surface area contributed by atoms with E-state index in [1.165, 1.54) is 18.4 Å². The predicted molar refractivity (Wildman–Crippen MR) is 200 cm³/mol. The number of rotatable bonds is 18. The maximum absolute atomic E-state index is 13.5. The van der Waals surface area contributed by atoms with E-state index >= 15 is 0 Å². The van der Waals surface area contributed by atoms with Gasteiger partial charge in [-0.05, 0) is 81.0 Å². The number of hydrogen-bond donors (Lipinski definition) is 8. The molecule has 1 saturated heterocycles. The molecule has 4 rings (SSSR count). The van der Waals surface area contributed by atoms with Crippen molar-refractivity contribution >= 4 is 41.7 Å². The number of carbonyl (C=O) groups excluding carboxylic acids is 2. The lowest BCUT2D eigenvalue weighted by Gasteiger charge is -2.28. The largest absolute Gasteiger partial charge is 0.506 e. The Morgan fingerprint density at radius 2 is 1.92 bits per heavy atom. The molecule has 1 amide bonds. The summed E-state index contributed by atoms with van der Waals surface area (Å²) in [4.78, 5) is 29.3. The number of carbonyl (C=O) groups is 2. The molecule has 0 aliphatic carbocycles. The Morgan fingerprint density at radius 3 is 2.60 bits per heavy atom. The smallest absolute Gasteiger partial charge is 0.251 e. The summed E-state index contributed by atoms with van der Waals surface area (Å²) in [7, 11) is 1.66. The highest BCUT2D eigenvalue weighted by Crippen LogP contribution is 2.34. The van der Waals surface area contributed by atoms with Crippen molar-refractivity contribution in [1.29, 1.82) is 5.41 Å². The van der Waals surface area contributed by atoms with E-state index in [0.29, 0.717) is 72.6 Å². The van der Waals surface area contributed by atoms with Gasteiger partial charge in [-0.3, -0.25) is 9.59 Å². The lowest BCUT2D eigenvalue weighted by molar-refractivity contribution is -0.104. The topological polar surface area (TPSA) is 181 Å². The molecule has 0 radical (unpaired) electrons. The van der Waals surface area contributed by atoms with Gasteiger partial charge in [0.05, 0.1) is 23.0 Å². The average molecular weight is 686 g/mol. The van der Waals surface area contributed by atoms with Gasteiger partial charge >= 0.3 is 0 Å². The standard InChI is InChI=1S/C38H51N7O5/c1-5-32-31(35(44-27-14-17-50-18-15-27)30(21-39)37(45-32)41-6-2)22-43-38(49)26-10-7-9-25(20-26)19-24(3)42-23-34(48)28-12-13-33(47)36(40-4)29(28)11-8-16-46/h7-13,16,20-21,24,27,34,39-40,42,47-48H,5-6,14-15,17-19,22-23H2,1-4H3,(H,43,49)(H2,41,44,45)/b11-8-,39-21?. The number of anilines is 3. The second kappa shape index (κ2) is 18.8. The van der Waals surface area contributed by atoms with Crippen LogP contribution in [0.25, 0.3) is 6.08 Å². The number of aromatic hydroxyl groups is 1. The summed E-state index contributed by atoms with van der Waals surface area (Å²) in [6, 6.07) is 10.8. The fourth-order valence-electron chi connectivity index (χ4n) is 6.28. The summed E-state index contributed by atoms with van der Waals surface area (Å²) in [6.45, 7) is 8.56. The van der Waals surface area contributed by atoms with E-state index < -0.39 is 6.10 Å². The normalized spacial score (nSPS) is 14.6. The average Bonchev–Trinajstić information content (AvgIpc) is 3.12. The van der Waals surface area contributed by atoms with Gasteiger partial charge in [-0.25, -0.2) is 4.98 Å². The maximum Gasteiger partial charge on any atom is 0.251 e. The number of aromatic nitrogens is 1. The molecule has 12 nitrogen and oxygen atoms in total. The minimum absolute atomic E-state index is 0.0205. The van der Waals surface area contributed by atoms with Gasteiger partial charge in [0.15, 0.2) is 0 Å². The van der Waals surface area contributed by atoms with Crippen LogP contribution in [0.3, 0.4) is 0 Å². The van der Waals surface area contributed by atoms with E-state index in [-0.39, 0.29) is 36.8 Å². The Balaban J connectivity index is 1.45. The van der Waals surface area contributed by atoms with Crippen molar-refractivity contribution in [3.05, 3.63) is 81.5 Å². The number of nitrogens with one attached hydrogen (secondary N) is 6. The van der Waals surface area contributed by atoms with E-state index in [0.717, 1.165) is 35.3 Å². The summed E-state index contributed by atoms with van der Waals surface area (Å²) in [5.74, 6) is 0.470. The SMILES string of the molecule is CCNc1nc(CC)c(CNC(=O)c2cccc(CC(C)NCC(O)c3ccc(O)c(NC)c3/C=C\C=O)c2)c(NC2CCOCC2)c1C=N. The molecule has 12 heteroatoms. The number of benzene rings is 2. The first-order chi connectivity index (χ1) is 24.2. The Kier molecular flexibility index (Phi) is 14.3. The van der Waals surface area contributed by atoms with Crippen LogP contribution in [-0.2, 0) is 28.9 Å². The molecule has 3 aromatic rings. The number of aliphatic hydroxyl groups excluding tert-OH is 1. The third kappa shape index (κ3) is 9.68. The highest BCUT2D eigenvalue weighted by Gasteiger charge is 2.23. The van der Waals surface area contributed by atoms with Crippen molar-refractivity contribution in [2.24, 2.45) is 0 Å². The van der Waals surface area contributed by atoms with Gasteiger partial charge in [0, 0.05) is 80.6 Å². The van der Waals surface area contributed by atoms with E-state index in [9.17, 15) is 19.8 Å². The first-order valence-corrected chi connectivity index (χ1v) is 17.3. The van der Waals surface area contributed by atoms with Gasteiger partial charge in [-0.2, -0.15) is 0 Å². The van der Waals surface area contributed by atoms with Crippen molar-refractivity contribution in [2.75, 3.05) is 49.3 Å². The number of allylic oxidation sites excluding steroid dienone is 1. The number of phenols is 1. The molecule has 268 valence electrons. The summed E-state index contributed by atoms with van der Waals surface area (Å²) in [5, 5.41) is 45.9. The van der Waals surface area contributed by atoms with Gasteiger partial charge in [0.1, 0.15) is 17.9 Å². The molecule has 2 aromatic carbocycles. The number of hydrogen-bond acceptors (Lipinski definition) is 11. The van der Waals surface area contributed by atoms with E-state index in [4.69, 9.17) is 15.1 Å². The van der Waals surface area contributed by atoms with Gasteiger partial charge in [0.2, 0.25) is 0 Å². The Hall–Kier alpha value is -4.78. The molecule has 1 aliphatic heterocycles. The first-order valence-electron chi connectivity index (χ1n) is 17.3. The van der Waals surface area contributed by atoms with Gasteiger partial charge in [-0.1, -0.05) is 25.1 Å². The Bertz CT molecular complexity index is 1650. The molecule has 2 atom stereocenters. The highest BCUT2D eigenvalue weighted by atomic mass is 16.5. The first kappa shape index (κ1) is 38.0. The van der Waals surface area contributed by atoms with Gasteiger partial charge in [-0.15, -0.1) is 0 Å². The molecule has 0 saturated carbocycles. The Labute approximate surface area is 294 Å². The number of aryl methyl sites for hydroxylation is 1. The summed E-state index contributed by atoms with van der Waals surface area (Å²) < 4.78 is 5.56. The van der Waals surface area contributed by atoms with Crippen molar-refractivity contribution in [3.63, 3.8) is 0 Å². The molecular weight excluding hydrogens is 634 g/mol. The molecule has 2 unspecified atom stereocenters. The van der Waals surface area contributed by atoms with Crippen LogP contribution in [0.4, 0.5) is 17.2 Å². The van der Waals surface area contributed by atoms with Crippen LogP contribution in [0.1, 0.15) is 83.6 Å². The molecule has 1 aliphatic rings. The fourth-order valence-corrected chi connectivity index (χ4v) is 6.28. The van der Waals surface area contributed by atoms with Crippen LogP contribution in [-0.4, -0.2) is 79.0 Å². The van der Waals surface area contributed by atoms with E-state index in [1.54, 1.807) is 25.3 Å². The molecule has 1 fully saturated rings. The van der Waals surface area contributed by atoms with Crippen LogP contribution in [0.15, 0.2) is 42.5 Å². The van der Waals surface area contributed by atoms with Crippen LogP contribution in [0.5, 0.6) is 5.75 Å². The van der Waals surface area contributed by atoms with Crippen LogP contribution in [0, 0.1) is 5.41 Å². The maximum atomic E-state index is 13.5. The fraction of sp³-hybridized carbons (Fsp3) is 0.421. The van der Waals surface area contributed by atoms with Crippen LogP contribution < -0.4 is 26.6 Å². The zero-order valence-corrected chi connectivity index (χ0v) is 29.4. The zero-order chi connectivity index (χ0) is 36.0. The number of ether oxygens (including phenoxy) is 1. The quantitative estimate of drug-likeness (QED) is 0.0401. The number of aliphatic hydroxyl groups is 1. The third-order valence-corrected chi connectivity index (χ3v) is 8.84. The molecule has 0 spiro atoms. The lowest BCUT2D eigenvalue weighted by atomic mass is 9.98. The van der Waals surface area contributed by atoms with E-state index in [2.05, 4.69) is 26.6 Å². The predicted octanol–water partition coefficient (Wildman–Crippen LogP) is 4.81. The molecule has 50 heavy (non-hydrogen) atoms. The third-order valence-electron chi connectivity index (χ3n) is 8.84. The number of nitrogens with zero attached hydrogens (tertiary/aromatic N) is 1. The highest BCUT2D eigenvalue weighted by molar-refractivity contribution is 5.96. The zero-order valence-electron chi connectivity index (χ0n) is 29.4. The number of pyridine rings is 1. The molecular formula is C38H51N7O5. The number of phenolic OH excluding ortho intramolecular Hbond substituents is 1. The van der Waals surface area contributed by atoms with Crippen LogP contribution >= 0.6 is 0 Å². The summed E-state index contributed by atoms with van der Waals surface area (Å²) >= 11 is 0. The van der Waals surface area contributed by atoms with Crippen molar-refractivity contribution in [1.82, 2.24) is 15.6 Å².